The number of benzene rings is 2. The molecule has 0 fully saturated rings. The number of hydrogen-bond acceptors (Lipinski definition) is 2. The number of para-hydroxylation sites is 1. The fourth-order valence-electron chi connectivity index (χ4n) is 3.06. The van der Waals surface area contributed by atoms with Crippen molar-refractivity contribution >= 4 is 22.6 Å². The molecule has 3 aromatic rings. The Bertz CT molecular complexity index is 825. The molecule has 0 amide bonds. The van der Waals surface area contributed by atoms with Crippen molar-refractivity contribution in [1.29, 1.82) is 0 Å². The van der Waals surface area contributed by atoms with Gasteiger partial charge in [0.2, 0.25) is 0 Å². The highest BCUT2D eigenvalue weighted by Crippen LogP contribution is 2.37. The molecule has 4 heteroatoms. The number of nitrogens with zero attached hydrogens (tertiary/aromatic N) is 2. The predicted octanol–water partition coefficient (Wildman–Crippen LogP) is 4.07. The molecule has 1 atom stereocenters. The summed E-state index contributed by atoms with van der Waals surface area (Å²) in [5.74, 6) is 2.24. The van der Waals surface area contributed by atoms with Crippen LogP contribution in [-0.4, -0.2) is 16.2 Å². The molecule has 1 aliphatic rings. The van der Waals surface area contributed by atoms with E-state index < -0.39 is 0 Å². The van der Waals surface area contributed by atoms with Crippen LogP contribution in [0.4, 0.5) is 0 Å². The van der Waals surface area contributed by atoms with Crippen LogP contribution in [0.15, 0.2) is 42.5 Å². The van der Waals surface area contributed by atoms with Gasteiger partial charge in [0.25, 0.3) is 0 Å². The zero-order valence-electron chi connectivity index (χ0n) is 11.7. The van der Waals surface area contributed by atoms with Crippen LogP contribution in [0.2, 0.25) is 0 Å². The van der Waals surface area contributed by atoms with Gasteiger partial charge in [-0.2, -0.15) is 0 Å². The van der Waals surface area contributed by atoms with Gasteiger partial charge in [0.05, 0.1) is 23.0 Å². The van der Waals surface area contributed by atoms with Crippen LogP contribution in [0.5, 0.6) is 5.75 Å². The van der Waals surface area contributed by atoms with Crippen LogP contribution in [0.3, 0.4) is 0 Å². The van der Waals surface area contributed by atoms with Crippen LogP contribution in [-0.2, 0) is 5.88 Å². The van der Waals surface area contributed by atoms with E-state index in [-0.39, 0.29) is 6.04 Å². The number of ether oxygens (including phenoxy) is 1. The average molecular weight is 299 g/mol. The highest BCUT2D eigenvalue weighted by molar-refractivity contribution is 6.16. The number of halogens is 1. The van der Waals surface area contributed by atoms with Gasteiger partial charge >= 0.3 is 0 Å². The first-order chi connectivity index (χ1) is 10.3. The van der Waals surface area contributed by atoms with Gasteiger partial charge in [0, 0.05) is 5.56 Å². The van der Waals surface area contributed by atoms with Crippen LogP contribution in [0, 0.1) is 6.92 Å². The number of fused-ring (bicyclic) bond motifs is 2. The largest absolute Gasteiger partial charge is 0.491 e. The topological polar surface area (TPSA) is 27.1 Å². The molecule has 0 aliphatic carbocycles. The normalized spacial score (nSPS) is 17.0. The molecule has 2 aromatic carbocycles. The van der Waals surface area contributed by atoms with Crippen molar-refractivity contribution in [1.82, 2.24) is 9.55 Å². The van der Waals surface area contributed by atoms with Gasteiger partial charge in [0.15, 0.2) is 0 Å². The Morgan fingerprint density at radius 1 is 1.29 bits per heavy atom. The Labute approximate surface area is 128 Å². The standard InChI is InChI=1S/C17H15ClN2O/c1-11-6-7-14-13(8-11)19-17(9-18)20(14)15-10-21-16-5-3-2-4-12(15)16/h2-8,15H,9-10H2,1H3. The minimum Gasteiger partial charge on any atom is -0.491 e. The number of imidazole rings is 1. The van der Waals surface area contributed by atoms with Crippen molar-refractivity contribution in [2.45, 2.75) is 18.8 Å². The lowest BCUT2D eigenvalue weighted by Gasteiger charge is -2.15. The third kappa shape index (κ3) is 1.92. The van der Waals surface area contributed by atoms with E-state index in [1.165, 1.54) is 11.1 Å². The van der Waals surface area contributed by atoms with Crippen LogP contribution < -0.4 is 4.74 Å². The third-order valence-corrected chi connectivity index (χ3v) is 4.26. The summed E-state index contributed by atoms with van der Waals surface area (Å²) in [5, 5.41) is 0. The fraction of sp³-hybridized carbons (Fsp3) is 0.235. The molecule has 0 saturated heterocycles. The van der Waals surface area contributed by atoms with Crippen molar-refractivity contribution in [3.8, 4) is 5.75 Å². The minimum absolute atomic E-state index is 0.141. The van der Waals surface area contributed by atoms with Gasteiger partial charge in [-0.05, 0) is 30.7 Å². The maximum absolute atomic E-state index is 6.12. The van der Waals surface area contributed by atoms with Crippen LogP contribution in [0.25, 0.3) is 11.0 Å². The predicted molar refractivity (Wildman–Crippen MR) is 84.1 cm³/mol. The second-order valence-electron chi connectivity index (χ2n) is 5.39. The zero-order valence-corrected chi connectivity index (χ0v) is 12.5. The van der Waals surface area contributed by atoms with E-state index in [1.54, 1.807) is 0 Å². The highest BCUT2D eigenvalue weighted by Gasteiger charge is 2.28. The molecule has 2 heterocycles. The summed E-state index contributed by atoms with van der Waals surface area (Å²) in [7, 11) is 0. The molecule has 4 rings (SSSR count). The van der Waals surface area contributed by atoms with E-state index >= 15 is 0 Å². The molecule has 0 radical (unpaired) electrons. The molecular weight excluding hydrogens is 284 g/mol. The summed E-state index contributed by atoms with van der Waals surface area (Å²) in [6, 6.07) is 14.6. The maximum atomic E-state index is 6.12. The first-order valence-corrected chi connectivity index (χ1v) is 7.56. The maximum Gasteiger partial charge on any atom is 0.125 e. The monoisotopic (exact) mass is 298 g/mol. The molecule has 21 heavy (non-hydrogen) atoms. The Morgan fingerprint density at radius 2 is 2.14 bits per heavy atom. The van der Waals surface area contributed by atoms with Gasteiger partial charge in [0.1, 0.15) is 18.2 Å². The Balaban J connectivity index is 1.94. The first-order valence-electron chi connectivity index (χ1n) is 7.03. The van der Waals surface area contributed by atoms with Crippen molar-refractivity contribution in [3.63, 3.8) is 0 Å². The summed E-state index contributed by atoms with van der Waals surface area (Å²) in [5.41, 5.74) is 4.51. The molecule has 106 valence electrons. The summed E-state index contributed by atoms with van der Waals surface area (Å²) in [4.78, 5) is 4.68. The van der Waals surface area contributed by atoms with E-state index in [9.17, 15) is 0 Å². The summed E-state index contributed by atoms with van der Waals surface area (Å²) in [6.45, 7) is 2.70. The van der Waals surface area contributed by atoms with Crippen molar-refractivity contribution in [2.75, 3.05) is 6.61 Å². The number of aryl methyl sites for hydroxylation is 1. The van der Waals surface area contributed by atoms with Gasteiger partial charge in [-0.15, -0.1) is 11.6 Å². The quantitative estimate of drug-likeness (QED) is 0.667. The number of rotatable bonds is 2. The van der Waals surface area contributed by atoms with E-state index in [1.807, 2.05) is 18.2 Å². The zero-order chi connectivity index (χ0) is 14.4. The third-order valence-electron chi connectivity index (χ3n) is 4.02. The van der Waals surface area contributed by atoms with E-state index in [2.05, 4.69) is 40.7 Å². The Hall–Kier alpha value is -2.00. The van der Waals surface area contributed by atoms with Crippen molar-refractivity contribution < 1.29 is 4.74 Å². The van der Waals surface area contributed by atoms with E-state index in [0.717, 1.165) is 22.6 Å². The van der Waals surface area contributed by atoms with Gasteiger partial charge in [-0.1, -0.05) is 24.3 Å². The van der Waals surface area contributed by atoms with Gasteiger partial charge in [-0.25, -0.2) is 4.98 Å². The summed E-state index contributed by atoms with van der Waals surface area (Å²) < 4.78 is 8.03. The summed E-state index contributed by atoms with van der Waals surface area (Å²) in [6.07, 6.45) is 0. The smallest absolute Gasteiger partial charge is 0.125 e. The molecular formula is C17H15ClN2O. The Morgan fingerprint density at radius 3 is 3.00 bits per heavy atom. The molecule has 1 aromatic heterocycles. The second kappa shape index (κ2) is 4.78. The van der Waals surface area contributed by atoms with Crippen LogP contribution in [0.1, 0.15) is 23.0 Å². The number of hydrogen-bond donors (Lipinski definition) is 0. The molecule has 0 bridgehead atoms. The van der Waals surface area contributed by atoms with Gasteiger partial charge < -0.3 is 9.30 Å². The fourth-order valence-corrected chi connectivity index (χ4v) is 3.25. The molecule has 0 saturated carbocycles. The lowest BCUT2D eigenvalue weighted by atomic mass is 10.1. The second-order valence-corrected chi connectivity index (χ2v) is 5.66. The molecule has 0 spiro atoms. The number of alkyl halides is 1. The van der Waals surface area contributed by atoms with E-state index in [4.69, 9.17) is 16.3 Å². The van der Waals surface area contributed by atoms with Crippen molar-refractivity contribution in [2.24, 2.45) is 0 Å². The lowest BCUT2D eigenvalue weighted by Crippen LogP contribution is -2.14. The van der Waals surface area contributed by atoms with Crippen LogP contribution >= 0.6 is 11.6 Å². The highest BCUT2D eigenvalue weighted by atomic mass is 35.5. The average Bonchev–Trinajstić information content (AvgIpc) is 3.07. The molecule has 0 N–H and O–H groups in total. The number of aromatic nitrogens is 2. The SMILES string of the molecule is Cc1ccc2c(c1)nc(CCl)n2C1COc2ccccc21. The molecule has 1 unspecified atom stereocenters. The molecule has 1 aliphatic heterocycles. The summed E-state index contributed by atoms with van der Waals surface area (Å²) >= 11 is 6.12. The Kier molecular flexibility index (Phi) is 2.89. The van der Waals surface area contributed by atoms with Gasteiger partial charge in [-0.3, -0.25) is 0 Å². The minimum atomic E-state index is 0.141. The molecule has 3 nitrogen and oxygen atoms in total. The first kappa shape index (κ1) is 12.7. The van der Waals surface area contributed by atoms with E-state index in [0.29, 0.717) is 12.5 Å². The van der Waals surface area contributed by atoms with Crippen molar-refractivity contribution in [3.05, 3.63) is 59.4 Å². The lowest BCUT2D eigenvalue weighted by molar-refractivity contribution is 0.317.